The molecule has 0 aliphatic carbocycles. The first-order chi connectivity index (χ1) is 4.10. The van der Waals surface area contributed by atoms with Crippen molar-refractivity contribution >= 4 is 0 Å². The predicted octanol–water partition coefficient (Wildman–Crippen LogP) is 0.369. The van der Waals surface area contributed by atoms with Crippen molar-refractivity contribution in [3.8, 4) is 0 Å². The fourth-order valence-corrected chi connectivity index (χ4v) is 0.861. The average Bonchev–Trinajstić information content (AvgIpc) is 1.60. The number of nitrogens with two attached hydrogens (primary N) is 1. The number of rotatable bonds is 0. The van der Waals surface area contributed by atoms with E-state index in [1.54, 1.807) is 0 Å². The Balaban J connectivity index is 2.41. The molecule has 9 heavy (non-hydrogen) atoms. The molecule has 0 aromatic heterocycles. The normalized spacial score (nSPS) is 34.3. The second kappa shape index (κ2) is 2.19. The minimum absolute atomic E-state index is 0.243. The topological polar surface area (TPSA) is 35.2 Å². The Morgan fingerprint density at radius 1 is 1.56 bits per heavy atom. The van der Waals surface area contributed by atoms with Crippen LogP contribution in [0.5, 0.6) is 0 Å². The van der Waals surface area contributed by atoms with Crippen molar-refractivity contribution in [1.29, 1.82) is 0 Å². The van der Waals surface area contributed by atoms with Crippen LogP contribution in [0.4, 0.5) is 8.78 Å². The van der Waals surface area contributed by atoms with E-state index in [-0.39, 0.29) is 13.0 Å². The van der Waals surface area contributed by atoms with Crippen LogP contribution in [0.1, 0.15) is 6.42 Å². The van der Waals surface area contributed by atoms with E-state index in [0.717, 1.165) is 0 Å². The lowest BCUT2D eigenvalue weighted by atomic mass is 10.1. The quantitative estimate of drug-likeness (QED) is 0.523. The van der Waals surface area contributed by atoms with Crippen LogP contribution in [0.15, 0.2) is 0 Å². The summed E-state index contributed by atoms with van der Waals surface area (Å²) in [6.45, 7) is -0.212. The van der Waals surface area contributed by atoms with Crippen molar-refractivity contribution in [3.63, 3.8) is 0 Å². The molecule has 2 N–H and O–H groups in total. The first-order valence-corrected chi connectivity index (χ1v) is 2.81. The first kappa shape index (κ1) is 6.89. The Bertz CT molecular complexity index is 107. The fourth-order valence-electron chi connectivity index (χ4n) is 0.861. The molecule has 1 atom stereocenters. The molecule has 0 bridgehead atoms. The third kappa shape index (κ3) is 1.87. The van der Waals surface area contributed by atoms with Gasteiger partial charge in [0.1, 0.15) is 6.61 Å². The summed E-state index contributed by atoms with van der Waals surface area (Å²) in [5.74, 6) is -2.70. The molecule has 4 heteroatoms. The van der Waals surface area contributed by atoms with Gasteiger partial charge in [0.05, 0.1) is 6.61 Å². The van der Waals surface area contributed by atoms with E-state index in [1.807, 2.05) is 0 Å². The van der Waals surface area contributed by atoms with Gasteiger partial charge in [-0.05, 0) is 0 Å². The van der Waals surface area contributed by atoms with Crippen LogP contribution < -0.4 is 5.73 Å². The molecule has 0 amide bonds. The number of hydrogen-bond acceptors (Lipinski definition) is 2. The van der Waals surface area contributed by atoms with Crippen molar-refractivity contribution < 1.29 is 13.5 Å². The third-order valence-corrected chi connectivity index (χ3v) is 1.21. The summed E-state index contributed by atoms with van der Waals surface area (Å²) in [6, 6.07) is -0.492. The highest BCUT2D eigenvalue weighted by atomic mass is 19.3. The summed E-state index contributed by atoms with van der Waals surface area (Å²) in [6.07, 6.45) is -0.243. The summed E-state index contributed by atoms with van der Waals surface area (Å²) < 4.78 is 29.0. The smallest absolute Gasteiger partial charge is 0.272 e. The van der Waals surface area contributed by atoms with Gasteiger partial charge in [-0.25, -0.2) is 8.78 Å². The molecule has 1 saturated heterocycles. The summed E-state index contributed by atoms with van der Waals surface area (Å²) >= 11 is 0. The van der Waals surface area contributed by atoms with Crippen molar-refractivity contribution in [2.75, 3.05) is 13.2 Å². The first-order valence-electron chi connectivity index (χ1n) is 2.81. The van der Waals surface area contributed by atoms with Crippen molar-refractivity contribution in [2.24, 2.45) is 5.73 Å². The second-order valence-corrected chi connectivity index (χ2v) is 2.34. The lowest BCUT2D eigenvalue weighted by molar-refractivity contribution is -0.120. The van der Waals surface area contributed by atoms with Gasteiger partial charge in [0.25, 0.3) is 5.92 Å². The molecule has 0 unspecified atom stereocenters. The highest BCUT2D eigenvalue weighted by Gasteiger charge is 2.35. The van der Waals surface area contributed by atoms with Gasteiger partial charge in [0, 0.05) is 12.5 Å². The van der Waals surface area contributed by atoms with Crippen molar-refractivity contribution in [2.45, 2.75) is 18.4 Å². The Hall–Kier alpha value is -0.220. The molecule has 0 radical (unpaired) electrons. The zero-order valence-electron chi connectivity index (χ0n) is 4.94. The van der Waals surface area contributed by atoms with Crippen LogP contribution in [0.2, 0.25) is 0 Å². The predicted molar refractivity (Wildman–Crippen MR) is 28.4 cm³/mol. The molecule has 1 aliphatic rings. The minimum atomic E-state index is -2.70. The SMILES string of the molecule is N[C@@H]1COCC(F)(F)C1. The maximum atomic E-state index is 12.2. The molecule has 2 nitrogen and oxygen atoms in total. The number of alkyl halides is 2. The highest BCUT2D eigenvalue weighted by molar-refractivity contribution is 4.77. The van der Waals surface area contributed by atoms with Gasteiger partial charge in [-0.2, -0.15) is 0 Å². The number of ether oxygens (including phenoxy) is 1. The van der Waals surface area contributed by atoms with E-state index < -0.39 is 18.6 Å². The van der Waals surface area contributed by atoms with Crippen LogP contribution >= 0.6 is 0 Å². The molecule has 1 fully saturated rings. The van der Waals surface area contributed by atoms with E-state index >= 15 is 0 Å². The van der Waals surface area contributed by atoms with Gasteiger partial charge in [-0.3, -0.25) is 0 Å². The van der Waals surface area contributed by atoms with Gasteiger partial charge >= 0.3 is 0 Å². The summed E-state index contributed by atoms with van der Waals surface area (Å²) in [7, 11) is 0. The standard InChI is InChI=1S/C5H9F2NO/c6-5(7)1-4(8)2-9-3-5/h4H,1-3,8H2/t4-/m0/s1. The summed E-state index contributed by atoms with van der Waals surface area (Å²) in [4.78, 5) is 0. The zero-order chi connectivity index (χ0) is 6.91. The lowest BCUT2D eigenvalue weighted by Crippen LogP contribution is -2.42. The third-order valence-electron chi connectivity index (χ3n) is 1.21. The molecular formula is C5H9F2NO. The van der Waals surface area contributed by atoms with E-state index in [1.165, 1.54) is 0 Å². The molecule has 54 valence electrons. The summed E-state index contributed by atoms with van der Waals surface area (Å²) in [5.41, 5.74) is 5.21. The van der Waals surface area contributed by atoms with Gasteiger partial charge < -0.3 is 10.5 Å². The van der Waals surface area contributed by atoms with E-state index in [4.69, 9.17) is 5.73 Å². The molecule has 0 aromatic carbocycles. The van der Waals surface area contributed by atoms with Crippen LogP contribution in [-0.4, -0.2) is 25.2 Å². The molecular weight excluding hydrogens is 128 g/mol. The summed E-state index contributed by atoms with van der Waals surface area (Å²) in [5, 5.41) is 0. The van der Waals surface area contributed by atoms with Gasteiger partial charge in [0.2, 0.25) is 0 Å². The molecule has 0 saturated carbocycles. The number of halogens is 2. The molecule has 1 heterocycles. The highest BCUT2D eigenvalue weighted by Crippen LogP contribution is 2.23. The van der Waals surface area contributed by atoms with Crippen LogP contribution in [0.3, 0.4) is 0 Å². The lowest BCUT2D eigenvalue weighted by Gasteiger charge is -2.26. The fraction of sp³-hybridized carbons (Fsp3) is 1.00. The maximum absolute atomic E-state index is 12.2. The minimum Gasteiger partial charge on any atom is -0.374 e. The Labute approximate surface area is 52.0 Å². The zero-order valence-corrected chi connectivity index (χ0v) is 4.94. The van der Waals surface area contributed by atoms with Gasteiger partial charge in [-0.15, -0.1) is 0 Å². The maximum Gasteiger partial charge on any atom is 0.272 e. The van der Waals surface area contributed by atoms with E-state index in [2.05, 4.69) is 4.74 Å². The molecule has 0 aromatic rings. The average molecular weight is 137 g/mol. The Kier molecular flexibility index (Phi) is 1.68. The van der Waals surface area contributed by atoms with Gasteiger partial charge in [0.15, 0.2) is 0 Å². The second-order valence-electron chi connectivity index (χ2n) is 2.34. The van der Waals surface area contributed by atoms with Gasteiger partial charge in [-0.1, -0.05) is 0 Å². The molecule has 1 aliphatic heterocycles. The van der Waals surface area contributed by atoms with Crippen LogP contribution in [0, 0.1) is 0 Å². The number of hydrogen-bond donors (Lipinski definition) is 1. The van der Waals surface area contributed by atoms with Crippen molar-refractivity contribution in [3.05, 3.63) is 0 Å². The van der Waals surface area contributed by atoms with Crippen LogP contribution in [-0.2, 0) is 4.74 Å². The Morgan fingerprint density at radius 2 is 2.22 bits per heavy atom. The molecule has 1 rings (SSSR count). The van der Waals surface area contributed by atoms with Crippen molar-refractivity contribution in [1.82, 2.24) is 0 Å². The Morgan fingerprint density at radius 3 is 2.56 bits per heavy atom. The monoisotopic (exact) mass is 137 g/mol. The largest absolute Gasteiger partial charge is 0.374 e. The van der Waals surface area contributed by atoms with E-state index in [9.17, 15) is 8.78 Å². The van der Waals surface area contributed by atoms with E-state index in [0.29, 0.717) is 0 Å². The van der Waals surface area contributed by atoms with Crippen LogP contribution in [0.25, 0.3) is 0 Å². The molecule has 0 spiro atoms.